The summed E-state index contributed by atoms with van der Waals surface area (Å²) in [5.41, 5.74) is 3.82. The van der Waals surface area contributed by atoms with E-state index in [1.54, 1.807) is 0 Å². The van der Waals surface area contributed by atoms with Crippen molar-refractivity contribution in [2.45, 2.75) is 45.4 Å². The Morgan fingerprint density at radius 1 is 1.19 bits per heavy atom. The van der Waals surface area contributed by atoms with E-state index in [2.05, 4.69) is 36.2 Å². The highest BCUT2D eigenvalue weighted by molar-refractivity contribution is 6.27. The van der Waals surface area contributed by atoms with Crippen molar-refractivity contribution in [1.82, 2.24) is 4.90 Å². The van der Waals surface area contributed by atoms with E-state index in [0.717, 1.165) is 18.6 Å². The Labute approximate surface area is 154 Å². The summed E-state index contributed by atoms with van der Waals surface area (Å²) < 4.78 is 0. The monoisotopic (exact) mass is 364 g/mol. The summed E-state index contributed by atoms with van der Waals surface area (Å²) in [6, 6.07) is 6.34. The summed E-state index contributed by atoms with van der Waals surface area (Å²) in [5.74, 6) is -3.03. The maximum atomic E-state index is 10.6. The number of carbonyl (C=O) groups excluding carboxylic acids is 1. The quantitative estimate of drug-likeness (QED) is 0.483. The van der Waals surface area contributed by atoms with Gasteiger partial charge in [-0.1, -0.05) is 19.9 Å². The van der Waals surface area contributed by atoms with E-state index >= 15 is 0 Å². The van der Waals surface area contributed by atoms with Crippen LogP contribution in [0, 0.1) is 0 Å². The van der Waals surface area contributed by atoms with E-state index in [0.29, 0.717) is 5.92 Å². The number of aryl methyl sites for hydroxylation is 1. The summed E-state index contributed by atoms with van der Waals surface area (Å²) >= 11 is 0. The van der Waals surface area contributed by atoms with Crippen LogP contribution in [-0.2, 0) is 20.8 Å². The van der Waals surface area contributed by atoms with Crippen molar-refractivity contribution in [2.24, 2.45) is 0 Å². The average molecular weight is 364 g/mol. The number of benzene rings is 1. The minimum atomic E-state index is -1.82. The Balaban J connectivity index is 0.000000487. The van der Waals surface area contributed by atoms with Gasteiger partial charge in [0.15, 0.2) is 0 Å². The standard InChI is InChI=1S/C17H26N2O.C2H2O4/c1-3-9-19(10-4-2)12-15-6-5-14-7-8-16(18-13-20)11-17(14)15;3-1(4)2(5)6/h7-8,11,13,15H,3-6,9-10,12H2,1-2H3,(H,18,20);(H,3,4)(H,5,6). The summed E-state index contributed by atoms with van der Waals surface area (Å²) in [4.78, 5) is 31.4. The lowest BCUT2D eigenvalue weighted by Crippen LogP contribution is -2.29. The van der Waals surface area contributed by atoms with E-state index in [-0.39, 0.29) is 0 Å². The molecule has 1 unspecified atom stereocenters. The third-order valence-corrected chi connectivity index (χ3v) is 4.31. The second kappa shape index (κ2) is 11.3. The number of anilines is 1. The molecule has 0 spiro atoms. The molecule has 1 aromatic rings. The highest BCUT2D eigenvalue weighted by Crippen LogP contribution is 2.35. The highest BCUT2D eigenvalue weighted by Gasteiger charge is 2.24. The molecule has 0 heterocycles. The van der Waals surface area contributed by atoms with Gasteiger partial charge < -0.3 is 20.4 Å². The third kappa shape index (κ3) is 6.84. The Morgan fingerprint density at radius 2 is 1.81 bits per heavy atom. The van der Waals surface area contributed by atoms with Crippen molar-refractivity contribution in [3.8, 4) is 0 Å². The zero-order valence-electron chi connectivity index (χ0n) is 15.4. The van der Waals surface area contributed by atoms with Crippen LogP contribution in [0.2, 0.25) is 0 Å². The fourth-order valence-electron chi connectivity index (χ4n) is 3.27. The first-order valence-electron chi connectivity index (χ1n) is 8.94. The number of aliphatic carboxylic acids is 2. The molecule has 0 fully saturated rings. The molecule has 0 radical (unpaired) electrons. The molecule has 0 saturated carbocycles. The SMILES string of the molecule is CCCN(CCC)CC1CCc2ccc(NC=O)cc21.O=C(O)C(=O)O. The molecule has 3 N–H and O–H groups in total. The molecule has 26 heavy (non-hydrogen) atoms. The normalized spacial score (nSPS) is 15.0. The smallest absolute Gasteiger partial charge is 0.414 e. The molecule has 0 aromatic heterocycles. The third-order valence-electron chi connectivity index (χ3n) is 4.31. The molecule has 1 aliphatic carbocycles. The molecular formula is C19H28N2O5. The van der Waals surface area contributed by atoms with Gasteiger partial charge in [0.1, 0.15) is 0 Å². The Morgan fingerprint density at radius 3 is 2.31 bits per heavy atom. The van der Waals surface area contributed by atoms with Gasteiger partial charge in [0.2, 0.25) is 6.41 Å². The zero-order valence-corrected chi connectivity index (χ0v) is 15.4. The van der Waals surface area contributed by atoms with Crippen molar-refractivity contribution in [1.29, 1.82) is 0 Å². The topological polar surface area (TPSA) is 107 Å². The van der Waals surface area contributed by atoms with Gasteiger partial charge in [-0.15, -0.1) is 0 Å². The lowest BCUT2D eigenvalue weighted by atomic mass is 10.00. The maximum Gasteiger partial charge on any atom is 0.414 e. The molecule has 7 nitrogen and oxygen atoms in total. The number of fused-ring (bicyclic) bond motifs is 1. The summed E-state index contributed by atoms with van der Waals surface area (Å²) in [5, 5.41) is 17.5. The van der Waals surface area contributed by atoms with Crippen molar-refractivity contribution in [2.75, 3.05) is 25.0 Å². The minimum absolute atomic E-state index is 0.622. The maximum absolute atomic E-state index is 10.6. The molecule has 1 aliphatic rings. The van der Waals surface area contributed by atoms with E-state index in [1.807, 2.05) is 6.07 Å². The first kappa shape index (κ1) is 21.6. The lowest BCUT2D eigenvalue weighted by molar-refractivity contribution is -0.159. The Kier molecular flexibility index (Phi) is 9.36. The van der Waals surface area contributed by atoms with Gasteiger partial charge in [-0.2, -0.15) is 0 Å². The van der Waals surface area contributed by atoms with Crippen LogP contribution < -0.4 is 5.32 Å². The highest BCUT2D eigenvalue weighted by atomic mass is 16.4. The second-order valence-electron chi connectivity index (χ2n) is 6.32. The first-order valence-corrected chi connectivity index (χ1v) is 8.94. The summed E-state index contributed by atoms with van der Waals surface area (Å²) in [6.07, 6.45) is 5.60. The van der Waals surface area contributed by atoms with Crippen molar-refractivity contribution >= 4 is 24.0 Å². The lowest BCUT2D eigenvalue weighted by Gasteiger charge is -2.25. The van der Waals surface area contributed by atoms with Gasteiger partial charge in [-0.3, -0.25) is 4.79 Å². The summed E-state index contributed by atoms with van der Waals surface area (Å²) in [7, 11) is 0. The van der Waals surface area contributed by atoms with Crippen LogP contribution in [0.25, 0.3) is 0 Å². The largest absolute Gasteiger partial charge is 0.473 e. The van der Waals surface area contributed by atoms with Gasteiger partial charge >= 0.3 is 11.9 Å². The van der Waals surface area contributed by atoms with Crippen LogP contribution in [0.4, 0.5) is 5.69 Å². The molecule has 144 valence electrons. The van der Waals surface area contributed by atoms with E-state index in [1.165, 1.54) is 49.9 Å². The van der Waals surface area contributed by atoms with Crippen LogP contribution in [0.1, 0.15) is 50.2 Å². The van der Waals surface area contributed by atoms with Crippen LogP contribution in [-0.4, -0.2) is 53.1 Å². The number of carbonyl (C=O) groups is 3. The summed E-state index contributed by atoms with van der Waals surface area (Å²) in [6.45, 7) is 8.02. The number of hydrogen-bond acceptors (Lipinski definition) is 4. The first-order chi connectivity index (χ1) is 12.4. The Bertz CT molecular complexity index is 600. The molecule has 0 bridgehead atoms. The fourth-order valence-corrected chi connectivity index (χ4v) is 3.27. The predicted octanol–water partition coefficient (Wildman–Crippen LogP) is 2.56. The van der Waals surface area contributed by atoms with E-state index < -0.39 is 11.9 Å². The van der Waals surface area contributed by atoms with Crippen molar-refractivity contribution in [3.05, 3.63) is 29.3 Å². The number of rotatable bonds is 8. The molecule has 7 heteroatoms. The van der Waals surface area contributed by atoms with Gasteiger partial charge in [0, 0.05) is 12.2 Å². The van der Waals surface area contributed by atoms with Crippen LogP contribution >= 0.6 is 0 Å². The molecule has 1 atom stereocenters. The number of carboxylic acid groups (broad SMARTS) is 2. The van der Waals surface area contributed by atoms with Crippen LogP contribution in [0.5, 0.6) is 0 Å². The molecule has 0 aliphatic heterocycles. The van der Waals surface area contributed by atoms with E-state index in [4.69, 9.17) is 19.8 Å². The van der Waals surface area contributed by atoms with Crippen molar-refractivity contribution < 1.29 is 24.6 Å². The number of carboxylic acids is 2. The number of nitrogens with zero attached hydrogens (tertiary/aromatic N) is 1. The molecule has 1 amide bonds. The molecule has 1 aromatic carbocycles. The zero-order chi connectivity index (χ0) is 19.5. The van der Waals surface area contributed by atoms with E-state index in [9.17, 15) is 4.79 Å². The van der Waals surface area contributed by atoms with Gasteiger partial charge in [-0.25, -0.2) is 9.59 Å². The van der Waals surface area contributed by atoms with Gasteiger partial charge in [-0.05, 0) is 68.0 Å². The average Bonchev–Trinajstić information content (AvgIpc) is 2.98. The van der Waals surface area contributed by atoms with Gasteiger partial charge in [0.05, 0.1) is 0 Å². The number of nitrogens with one attached hydrogen (secondary N) is 1. The molecular weight excluding hydrogens is 336 g/mol. The number of hydrogen-bond donors (Lipinski definition) is 3. The second-order valence-corrected chi connectivity index (χ2v) is 6.32. The number of amides is 1. The fraction of sp³-hybridized carbons (Fsp3) is 0.526. The molecule has 0 saturated heterocycles. The minimum Gasteiger partial charge on any atom is -0.473 e. The Hall–Kier alpha value is -2.41. The van der Waals surface area contributed by atoms with Crippen LogP contribution in [0.3, 0.4) is 0 Å². The van der Waals surface area contributed by atoms with Crippen LogP contribution in [0.15, 0.2) is 18.2 Å². The van der Waals surface area contributed by atoms with Crippen molar-refractivity contribution in [3.63, 3.8) is 0 Å². The van der Waals surface area contributed by atoms with Gasteiger partial charge in [0.25, 0.3) is 0 Å². The predicted molar refractivity (Wildman–Crippen MR) is 99.5 cm³/mol. The molecule has 2 rings (SSSR count).